The Balaban J connectivity index is 2.28. The number of sulfonamides is 1. The number of nitro groups is 1. The molecule has 9 heteroatoms. The predicted molar refractivity (Wildman–Crippen MR) is 72.3 cm³/mol. The third-order valence-corrected chi connectivity index (χ3v) is 4.96. The third kappa shape index (κ3) is 3.45. The van der Waals surface area contributed by atoms with Crippen molar-refractivity contribution in [2.24, 2.45) is 0 Å². The molecule has 1 N–H and O–H groups in total. The maximum absolute atomic E-state index is 12.2. The van der Waals surface area contributed by atoms with Crippen LogP contribution in [-0.2, 0) is 14.8 Å². The van der Waals surface area contributed by atoms with Crippen LogP contribution >= 0.6 is 11.6 Å². The summed E-state index contributed by atoms with van der Waals surface area (Å²) in [7, 11) is -3.89. The van der Waals surface area contributed by atoms with Crippen LogP contribution in [0.4, 0.5) is 5.69 Å². The van der Waals surface area contributed by atoms with Gasteiger partial charge in [0.25, 0.3) is 5.69 Å². The van der Waals surface area contributed by atoms with Crippen LogP contribution in [0.5, 0.6) is 0 Å². The van der Waals surface area contributed by atoms with Gasteiger partial charge in [-0.2, -0.15) is 0 Å². The summed E-state index contributed by atoms with van der Waals surface area (Å²) in [6.07, 6.45) is 1.12. The smallest absolute Gasteiger partial charge is 0.270 e. The predicted octanol–water partition coefficient (Wildman–Crippen LogP) is 1.71. The van der Waals surface area contributed by atoms with Gasteiger partial charge in [0, 0.05) is 31.4 Å². The topological polar surface area (TPSA) is 98.5 Å². The normalized spacial score (nSPS) is 17.1. The molecule has 1 fully saturated rings. The zero-order valence-corrected chi connectivity index (χ0v) is 12.0. The average molecular weight is 321 g/mol. The van der Waals surface area contributed by atoms with Gasteiger partial charge in [-0.05, 0) is 18.9 Å². The van der Waals surface area contributed by atoms with Crippen molar-refractivity contribution in [2.75, 3.05) is 13.2 Å². The molecule has 20 heavy (non-hydrogen) atoms. The maximum atomic E-state index is 12.2. The van der Waals surface area contributed by atoms with Crippen molar-refractivity contribution in [1.82, 2.24) is 4.72 Å². The summed E-state index contributed by atoms with van der Waals surface area (Å²) in [5.41, 5.74) is -0.318. The highest BCUT2D eigenvalue weighted by Crippen LogP contribution is 2.26. The molecule has 0 radical (unpaired) electrons. The molecule has 0 aromatic heterocycles. The minimum atomic E-state index is -3.89. The molecule has 1 saturated heterocycles. The van der Waals surface area contributed by atoms with Crippen molar-refractivity contribution in [2.45, 2.75) is 23.8 Å². The molecule has 0 aliphatic carbocycles. The highest BCUT2D eigenvalue weighted by atomic mass is 35.5. The van der Waals surface area contributed by atoms with E-state index in [1.807, 2.05) is 0 Å². The molecule has 7 nitrogen and oxygen atoms in total. The van der Waals surface area contributed by atoms with E-state index >= 15 is 0 Å². The monoisotopic (exact) mass is 320 g/mol. The standard InChI is InChI=1S/C11H13ClN2O5S/c12-10-2-1-9(14(15)16)7-11(10)20(17,18)13-8-3-5-19-6-4-8/h1-2,7-8,13H,3-6H2. The zero-order valence-electron chi connectivity index (χ0n) is 10.4. The first kappa shape index (κ1) is 15.2. The van der Waals surface area contributed by atoms with E-state index in [9.17, 15) is 18.5 Å². The van der Waals surface area contributed by atoms with Gasteiger partial charge >= 0.3 is 0 Å². The molecule has 0 saturated carbocycles. The van der Waals surface area contributed by atoms with Gasteiger partial charge in [-0.25, -0.2) is 13.1 Å². The van der Waals surface area contributed by atoms with E-state index in [1.165, 1.54) is 6.07 Å². The lowest BCUT2D eigenvalue weighted by Gasteiger charge is -2.23. The molecule has 1 aromatic rings. The number of nitro benzene ring substituents is 1. The van der Waals surface area contributed by atoms with Gasteiger partial charge in [0.2, 0.25) is 10.0 Å². The minimum absolute atomic E-state index is 0.0461. The summed E-state index contributed by atoms with van der Waals surface area (Å²) in [5.74, 6) is 0. The van der Waals surface area contributed by atoms with Crippen LogP contribution in [0.3, 0.4) is 0 Å². The first-order chi connectivity index (χ1) is 9.40. The molecule has 110 valence electrons. The number of halogens is 1. The minimum Gasteiger partial charge on any atom is -0.381 e. The van der Waals surface area contributed by atoms with Crippen LogP contribution in [0.25, 0.3) is 0 Å². The van der Waals surface area contributed by atoms with Crippen LogP contribution < -0.4 is 4.72 Å². The highest BCUT2D eigenvalue weighted by Gasteiger charge is 2.25. The summed E-state index contributed by atoms with van der Waals surface area (Å²) in [6.45, 7) is 0.964. The summed E-state index contributed by atoms with van der Waals surface area (Å²) >= 11 is 5.84. The molecule has 1 aliphatic rings. The Morgan fingerprint density at radius 2 is 2.00 bits per heavy atom. The maximum Gasteiger partial charge on any atom is 0.270 e. The number of ether oxygens (including phenoxy) is 1. The highest BCUT2D eigenvalue weighted by molar-refractivity contribution is 7.89. The van der Waals surface area contributed by atoms with Crippen molar-refractivity contribution in [3.63, 3.8) is 0 Å². The molecule has 0 atom stereocenters. The van der Waals surface area contributed by atoms with Crippen molar-refractivity contribution in [1.29, 1.82) is 0 Å². The Morgan fingerprint density at radius 1 is 1.35 bits per heavy atom. The second-order valence-electron chi connectivity index (χ2n) is 4.38. The van der Waals surface area contributed by atoms with Gasteiger partial charge < -0.3 is 4.74 Å². The molecule has 0 amide bonds. The summed E-state index contributed by atoms with van der Waals surface area (Å²) in [4.78, 5) is 9.77. The van der Waals surface area contributed by atoms with Gasteiger partial charge in [0.05, 0.1) is 9.95 Å². The van der Waals surface area contributed by atoms with Gasteiger partial charge in [0.15, 0.2) is 0 Å². The lowest BCUT2D eigenvalue weighted by molar-refractivity contribution is -0.385. The Hall–Kier alpha value is -1.22. The Labute approximate surface area is 121 Å². The van der Waals surface area contributed by atoms with E-state index in [0.717, 1.165) is 12.1 Å². The number of rotatable bonds is 4. The van der Waals surface area contributed by atoms with Crippen LogP contribution in [-0.4, -0.2) is 32.6 Å². The van der Waals surface area contributed by atoms with E-state index in [-0.39, 0.29) is 21.6 Å². The number of hydrogen-bond donors (Lipinski definition) is 1. The molecular formula is C11H13ClN2O5S. The van der Waals surface area contributed by atoms with Crippen molar-refractivity contribution < 1.29 is 18.1 Å². The first-order valence-corrected chi connectivity index (χ1v) is 7.80. The molecule has 1 heterocycles. The summed E-state index contributed by atoms with van der Waals surface area (Å²) < 4.78 is 32.1. The van der Waals surface area contributed by atoms with Crippen LogP contribution in [0.2, 0.25) is 5.02 Å². The molecule has 1 aliphatic heterocycles. The SMILES string of the molecule is O=[N+]([O-])c1ccc(Cl)c(S(=O)(=O)NC2CCOCC2)c1. The zero-order chi connectivity index (χ0) is 14.8. The summed E-state index contributed by atoms with van der Waals surface area (Å²) in [5, 5.41) is 10.7. The number of hydrogen-bond acceptors (Lipinski definition) is 5. The largest absolute Gasteiger partial charge is 0.381 e. The molecular weight excluding hydrogens is 308 g/mol. The number of nitrogens with one attached hydrogen (secondary N) is 1. The first-order valence-electron chi connectivity index (χ1n) is 5.94. The Kier molecular flexibility index (Phi) is 4.59. The van der Waals surface area contributed by atoms with Gasteiger partial charge in [-0.15, -0.1) is 0 Å². The van der Waals surface area contributed by atoms with Crippen molar-refractivity contribution in [3.8, 4) is 0 Å². The number of nitrogens with zero attached hydrogens (tertiary/aromatic N) is 1. The lowest BCUT2D eigenvalue weighted by Crippen LogP contribution is -2.38. The third-order valence-electron chi connectivity index (χ3n) is 2.96. The second-order valence-corrected chi connectivity index (χ2v) is 6.47. The summed E-state index contributed by atoms with van der Waals surface area (Å²) in [6, 6.07) is 3.09. The Morgan fingerprint density at radius 3 is 2.60 bits per heavy atom. The van der Waals surface area contributed by atoms with Gasteiger partial charge in [-0.1, -0.05) is 11.6 Å². The van der Waals surface area contributed by atoms with Gasteiger partial charge in [-0.3, -0.25) is 10.1 Å². The molecule has 0 unspecified atom stereocenters. The number of non-ortho nitro benzene ring substituents is 1. The second kappa shape index (κ2) is 6.04. The molecule has 0 spiro atoms. The fraction of sp³-hybridized carbons (Fsp3) is 0.455. The fourth-order valence-corrected chi connectivity index (χ4v) is 3.73. The van der Waals surface area contributed by atoms with E-state index in [0.29, 0.717) is 26.1 Å². The molecule has 1 aromatic carbocycles. The molecule has 0 bridgehead atoms. The van der Waals surface area contributed by atoms with E-state index in [2.05, 4.69) is 4.72 Å². The van der Waals surface area contributed by atoms with Crippen molar-refractivity contribution in [3.05, 3.63) is 33.3 Å². The van der Waals surface area contributed by atoms with Crippen LogP contribution in [0.1, 0.15) is 12.8 Å². The van der Waals surface area contributed by atoms with E-state index in [1.54, 1.807) is 0 Å². The molecule has 2 rings (SSSR count). The van der Waals surface area contributed by atoms with Crippen molar-refractivity contribution >= 4 is 27.3 Å². The Bertz CT molecular complexity index is 613. The lowest BCUT2D eigenvalue weighted by atomic mass is 10.1. The van der Waals surface area contributed by atoms with E-state index < -0.39 is 14.9 Å². The van der Waals surface area contributed by atoms with Crippen LogP contribution in [0, 0.1) is 10.1 Å². The van der Waals surface area contributed by atoms with Crippen LogP contribution in [0.15, 0.2) is 23.1 Å². The fourth-order valence-electron chi connectivity index (χ4n) is 1.91. The number of benzene rings is 1. The average Bonchev–Trinajstić information content (AvgIpc) is 2.39. The van der Waals surface area contributed by atoms with Gasteiger partial charge in [0.1, 0.15) is 4.90 Å². The van der Waals surface area contributed by atoms with E-state index in [4.69, 9.17) is 16.3 Å². The quantitative estimate of drug-likeness (QED) is 0.672.